The van der Waals surface area contributed by atoms with E-state index in [0.717, 1.165) is 25.2 Å². The van der Waals surface area contributed by atoms with E-state index in [9.17, 15) is 19.5 Å². The maximum atomic E-state index is 12.9. The van der Waals surface area contributed by atoms with Gasteiger partial charge in [-0.15, -0.1) is 0 Å². The van der Waals surface area contributed by atoms with E-state index in [1.54, 1.807) is 30.3 Å². The average Bonchev–Trinajstić information content (AvgIpc) is 2.90. The van der Waals surface area contributed by atoms with E-state index >= 15 is 0 Å². The Labute approximate surface area is 226 Å². The van der Waals surface area contributed by atoms with Crippen LogP contribution in [-0.4, -0.2) is 46.8 Å². The molecular formula is C30H34N2O7. The number of piperidine rings is 1. The molecule has 4 heterocycles. The highest BCUT2D eigenvalue weighted by Gasteiger charge is 2.35. The van der Waals surface area contributed by atoms with Crippen molar-refractivity contribution in [2.45, 2.75) is 57.7 Å². The molecule has 5 rings (SSSR count). The van der Waals surface area contributed by atoms with Crippen LogP contribution in [-0.2, 0) is 22.6 Å². The van der Waals surface area contributed by atoms with Crippen LogP contribution in [0.4, 0.5) is 0 Å². The molecule has 2 aliphatic heterocycles. The van der Waals surface area contributed by atoms with Gasteiger partial charge in [0.25, 0.3) is 5.56 Å². The van der Waals surface area contributed by atoms with Crippen LogP contribution in [0.15, 0.2) is 62.5 Å². The molecule has 1 saturated heterocycles. The van der Waals surface area contributed by atoms with Gasteiger partial charge in [-0.05, 0) is 49.9 Å². The summed E-state index contributed by atoms with van der Waals surface area (Å²) in [4.78, 5) is 39.8. The van der Waals surface area contributed by atoms with Gasteiger partial charge in [-0.2, -0.15) is 0 Å². The molecule has 2 bridgehead atoms. The summed E-state index contributed by atoms with van der Waals surface area (Å²) in [5, 5.41) is 10.8. The largest absolute Gasteiger partial charge is 0.502 e. The molecule has 9 nitrogen and oxygen atoms in total. The summed E-state index contributed by atoms with van der Waals surface area (Å²) in [5.74, 6) is -0.0806. The van der Waals surface area contributed by atoms with Crippen LogP contribution in [0.3, 0.4) is 0 Å². The molecule has 1 N–H and O–H groups in total. The lowest BCUT2D eigenvalue weighted by Crippen LogP contribution is -2.46. The zero-order valence-electron chi connectivity index (χ0n) is 22.5. The van der Waals surface area contributed by atoms with Gasteiger partial charge < -0.3 is 23.6 Å². The molecule has 0 spiro atoms. The minimum Gasteiger partial charge on any atom is -0.502 e. The van der Waals surface area contributed by atoms with E-state index in [1.807, 2.05) is 30.5 Å². The molecule has 0 amide bonds. The van der Waals surface area contributed by atoms with Crippen molar-refractivity contribution in [3.63, 3.8) is 0 Å². The minimum absolute atomic E-state index is 0.00390. The van der Waals surface area contributed by atoms with Crippen molar-refractivity contribution in [2.75, 3.05) is 20.2 Å². The van der Waals surface area contributed by atoms with E-state index < -0.39 is 23.1 Å². The van der Waals surface area contributed by atoms with Crippen LogP contribution in [0.25, 0.3) is 0 Å². The number of aromatic nitrogens is 1. The molecule has 9 heteroatoms. The van der Waals surface area contributed by atoms with Gasteiger partial charge in [-0.1, -0.05) is 18.2 Å². The number of hydrogen-bond donors (Lipinski definition) is 1. The van der Waals surface area contributed by atoms with Crippen LogP contribution in [0, 0.1) is 5.92 Å². The third-order valence-corrected chi connectivity index (χ3v) is 7.50. The standard InChI is InChI=1S/C30H34N2O7/c1-18(2)38-22-9-7-20(8-10-22)24(13-28(35)37-3)30-29(36)26(33)12-23(39-30)17-31-14-19-11-21(16-31)25-5-4-6-27(34)32(25)15-19/h4-10,12,18-19,21,24,36H,11,13-17H2,1-3H3/t19-,21+,24?/m1/s1. The Bertz CT molecular complexity index is 1460. The SMILES string of the molecule is COC(=O)CC(c1ccc(OC(C)C)cc1)c1oc(CN2C[C@H]3C[C@@H](C2)c2cccc(=O)n2C3)cc(=O)c1O. The Morgan fingerprint density at radius 2 is 1.87 bits per heavy atom. The van der Waals surface area contributed by atoms with Crippen LogP contribution in [0.5, 0.6) is 11.5 Å². The first-order valence-corrected chi connectivity index (χ1v) is 13.3. The molecule has 2 aromatic heterocycles. The smallest absolute Gasteiger partial charge is 0.306 e. The van der Waals surface area contributed by atoms with Crippen LogP contribution in [0.2, 0.25) is 0 Å². The van der Waals surface area contributed by atoms with Gasteiger partial charge in [0.1, 0.15) is 11.5 Å². The predicted octanol–water partition coefficient (Wildman–Crippen LogP) is 3.61. The number of fused-ring (bicyclic) bond motifs is 4. The van der Waals surface area contributed by atoms with Gasteiger partial charge >= 0.3 is 5.97 Å². The van der Waals surface area contributed by atoms with Crippen molar-refractivity contribution in [1.29, 1.82) is 0 Å². The predicted molar refractivity (Wildman–Crippen MR) is 144 cm³/mol. The Balaban J connectivity index is 1.43. The number of ether oxygens (including phenoxy) is 2. The molecule has 0 radical (unpaired) electrons. The number of likely N-dealkylation sites (tertiary alicyclic amines) is 1. The van der Waals surface area contributed by atoms with Crippen LogP contribution < -0.4 is 15.7 Å². The van der Waals surface area contributed by atoms with Crippen LogP contribution >= 0.6 is 0 Å². The maximum Gasteiger partial charge on any atom is 0.306 e. The second-order valence-corrected chi connectivity index (χ2v) is 10.8. The number of hydrogen-bond acceptors (Lipinski definition) is 8. The van der Waals surface area contributed by atoms with Crippen molar-refractivity contribution in [3.8, 4) is 11.5 Å². The number of pyridine rings is 1. The minimum atomic E-state index is -0.724. The molecule has 3 atom stereocenters. The number of benzene rings is 1. The normalized spacial score (nSPS) is 19.4. The fourth-order valence-electron chi connectivity index (χ4n) is 5.88. The molecule has 39 heavy (non-hydrogen) atoms. The summed E-state index contributed by atoms with van der Waals surface area (Å²) >= 11 is 0. The average molecular weight is 535 g/mol. The second kappa shape index (κ2) is 11.1. The summed E-state index contributed by atoms with van der Waals surface area (Å²) in [6, 6.07) is 13.9. The lowest BCUT2D eigenvalue weighted by Gasteiger charge is -2.42. The van der Waals surface area contributed by atoms with Crippen molar-refractivity contribution < 1.29 is 23.8 Å². The molecular weight excluding hydrogens is 500 g/mol. The first-order valence-electron chi connectivity index (χ1n) is 13.3. The summed E-state index contributed by atoms with van der Waals surface area (Å²) < 4.78 is 18.7. The van der Waals surface area contributed by atoms with E-state index in [-0.39, 0.29) is 29.8 Å². The first-order chi connectivity index (χ1) is 18.7. The summed E-state index contributed by atoms with van der Waals surface area (Å²) in [6.45, 7) is 6.40. The Morgan fingerprint density at radius 3 is 2.59 bits per heavy atom. The molecule has 206 valence electrons. The molecule has 2 aliphatic rings. The van der Waals surface area contributed by atoms with Crippen LogP contribution in [0.1, 0.15) is 61.3 Å². The van der Waals surface area contributed by atoms with Gasteiger partial charge in [0.2, 0.25) is 11.2 Å². The topological polar surface area (TPSA) is 111 Å². The fourth-order valence-corrected chi connectivity index (χ4v) is 5.88. The van der Waals surface area contributed by atoms with E-state index in [1.165, 1.54) is 13.2 Å². The maximum absolute atomic E-state index is 12.9. The molecule has 1 fully saturated rings. The number of nitrogens with zero attached hydrogens (tertiary/aromatic N) is 2. The lowest BCUT2D eigenvalue weighted by atomic mass is 9.83. The number of methoxy groups -OCH3 is 1. The fraction of sp³-hybridized carbons (Fsp3) is 0.433. The van der Waals surface area contributed by atoms with E-state index in [0.29, 0.717) is 36.1 Å². The van der Waals surface area contributed by atoms with E-state index in [2.05, 4.69) is 4.90 Å². The van der Waals surface area contributed by atoms with Gasteiger partial charge in [0, 0.05) is 43.4 Å². The summed E-state index contributed by atoms with van der Waals surface area (Å²) in [5.41, 5.74) is 1.20. The highest BCUT2D eigenvalue weighted by atomic mass is 16.5. The van der Waals surface area contributed by atoms with Gasteiger partial charge in [-0.25, -0.2) is 0 Å². The lowest BCUT2D eigenvalue weighted by molar-refractivity contribution is -0.140. The number of esters is 1. The Kier molecular flexibility index (Phi) is 7.61. The third kappa shape index (κ3) is 5.78. The van der Waals surface area contributed by atoms with Gasteiger partial charge in [0.05, 0.1) is 32.1 Å². The highest BCUT2D eigenvalue weighted by Crippen LogP contribution is 2.37. The monoisotopic (exact) mass is 534 g/mol. The van der Waals surface area contributed by atoms with E-state index in [4.69, 9.17) is 13.9 Å². The number of carbonyl (C=O) groups excluding carboxylic acids is 1. The molecule has 1 unspecified atom stereocenters. The molecule has 3 aromatic rings. The zero-order valence-corrected chi connectivity index (χ0v) is 22.5. The number of aromatic hydroxyl groups is 1. The number of carbonyl (C=O) groups is 1. The Hall–Kier alpha value is -3.85. The highest BCUT2D eigenvalue weighted by molar-refractivity contribution is 5.71. The third-order valence-electron chi connectivity index (χ3n) is 7.50. The first kappa shape index (κ1) is 26.7. The second-order valence-electron chi connectivity index (χ2n) is 10.8. The molecule has 0 aliphatic carbocycles. The van der Waals surface area contributed by atoms with Gasteiger partial charge in [-0.3, -0.25) is 19.3 Å². The van der Waals surface area contributed by atoms with Crippen molar-refractivity contribution in [2.24, 2.45) is 5.92 Å². The quantitative estimate of drug-likeness (QED) is 0.437. The molecule has 1 aromatic carbocycles. The van der Waals surface area contributed by atoms with Crippen molar-refractivity contribution >= 4 is 5.97 Å². The Morgan fingerprint density at radius 1 is 1.10 bits per heavy atom. The zero-order chi connectivity index (χ0) is 27.7. The molecule has 0 saturated carbocycles. The van der Waals surface area contributed by atoms with Crippen molar-refractivity contribution in [3.05, 3.63) is 91.9 Å². The summed E-state index contributed by atoms with van der Waals surface area (Å²) in [6.07, 6.45) is 0.909. The van der Waals surface area contributed by atoms with Gasteiger partial charge in [0.15, 0.2) is 5.76 Å². The number of rotatable bonds is 8. The summed E-state index contributed by atoms with van der Waals surface area (Å²) in [7, 11) is 1.30. The van der Waals surface area contributed by atoms with Crippen molar-refractivity contribution in [1.82, 2.24) is 9.47 Å².